The number of rotatable bonds is 5. The van der Waals surface area contributed by atoms with Gasteiger partial charge >= 0.3 is 6.03 Å². The maximum absolute atomic E-state index is 12.4. The molecule has 3 rings (SSSR count). The van der Waals surface area contributed by atoms with Crippen molar-refractivity contribution in [3.63, 3.8) is 0 Å². The van der Waals surface area contributed by atoms with Crippen LogP contribution >= 0.6 is 0 Å². The minimum atomic E-state index is -0.477. The zero-order valence-corrected chi connectivity index (χ0v) is 15.9. The molecule has 0 aromatic heterocycles. The van der Waals surface area contributed by atoms with Crippen molar-refractivity contribution < 1.29 is 19.1 Å². The summed E-state index contributed by atoms with van der Waals surface area (Å²) in [6, 6.07) is 5.08. The first kappa shape index (κ1) is 19.0. The van der Waals surface area contributed by atoms with E-state index in [2.05, 4.69) is 10.6 Å². The fraction of sp³-hybridized carbons (Fsp3) is 0.526. The number of aryl methyl sites for hydroxylation is 2. The normalized spacial score (nSPS) is 21.5. The number of ether oxygens (including phenoxy) is 1. The van der Waals surface area contributed by atoms with Gasteiger partial charge in [-0.2, -0.15) is 0 Å². The number of amides is 4. The molecule has 0 spiro atoms. The molecule has 27 heavy (non-hydrogen) atoms. The topological polar surface area (TPSA) is 91.0 Å². The van der Waals surface area contributed by atoms with Crippen LogP contribution < -0.4 is 15.4 Å². The van der Waals surface area contributed by atoms with Crippen LogP contribution in [-0.2, 0) is 9.59 Å². The summed E-state index contributed by atoms with van der Waals surface area (Å²) in [6.07, 6.45) is 0.441. The van der Waals surface area contributed by atoms with E-state index < -0.39 is 6.04 Å². The van der Waals surface area contributed by atoms with Gasteiger partial charge in [-0.3, -0.25) is 9.59 Å². The Kier molecular flexibility index (Phi) is 5.53. The molecule has 0 saturated carbocycles. The standard InChI is InChI=1S/C19H26N4O4/c1-12-4-5-13(2)16(8-12)27-7-6-22(3)19(26)21-14-9-15-18(25)20-10-17(24)23(15)11-14/h4-5,8,14-15H,6-7,9-11H2,1-3H3,(H,20,25)(H,21,26)/t14-,15-/m0/s1. The molecule has 0 bridgehead atoms. The molecule has 2 atom stereocenters. The SMILES string of the molecule is Cc1ccc(C)c(OCCN(C)C(=O)N[C@H]2C[C@H]3C(=O)NCC(=O)N3C2)c1. The largest absolute Gasteiger partial charge is 0.491 e. The summed E-state index contributed by atoms with van der Waals surface area (Å²) in [6.45, 7) is 5.21. The second-order valence-corrected chi connectivity index (χ2v) is 7.20. The minimum absolute atomic E-state index is 0.0334. The zero-order valence-electron chi connectivity index (χ0n) is 15.9. The number of urea groups is 1. The summed E-state index contributed by atoms with van der Waals surface area (Å²) in [5.41, 5.74) is 2.18. The highest BCUT2D eigenvalue weighted by Gasteiger charge is 2.42. The zero-order chi connectivity index (χ0) is 19.6. The number of likely N-dealkylation sites (N-methyl/N-ethyl adjacent to an activating group) is 1. The predicted molar refractivity (Wildman–Crippen MR) is 99.5 cm³/mol. The van der Waals surface area contributed by atoms with Crippen LogP contribution in [0.4, 0.5) is 4.79 Å². The van der Waals surface area contributed by atoms with Crippen LogP contribution in [0, 0.1) is 13.8 Å². The molecule has 2 N–H and O–H groups in total. The fourth-order valence-corrected chi connectivity index (χ4v) is 3.39. The summed E-state index contributed by atoms with van der Waals surface area (Å²) in [5, 5.41) is 5.48. The Morgan fingerprint density at radius 3 is 2.89 bits per heavy atom. The highest BCUT2D eigenvalue weighted by atomic mass is 16.5. The van der Waals surface area contributed by atoms with Crippen molar-refractivity contribution in [2.75, 3.05) is 33.3 Å². The third-order valence-corrected chi connectivity index (χ3v) is 5.04. The summed E-state index contributed by atoms with van der Waals surface area (Å²) in [4.78, 5) is 39.2. The lowest BCUT2D eigenvalue weighted by molar-refractivity contribution is -0.143. The molecule has 2 aliphatic rings. The Bertz CT molecular complexity index is 727. The lowest BCUT2D eigenvalue weighted by Crippen LogP contribution is -2.55. The van der Waals surface area contributed by atoms with Crippen LogP contribution in [0.5, 0.6) is 5.75 Å². The first-order chi connectivity index (χ1) is 12.8. The molecular weight excluding hydrogens is 348 g/mol. The number of fused-ring (bicyclic) bond motifs is 1. The quantitative estimate of drug-likeness (QED) is 0.782. The second kappa shape index (κ2) is 7.85. The Hall–Kier alpha value is -2.77. The van der Waals surface area contributed by atoms with Crippen molar-refractivity contribution in [1.82, 2.24) is 20.4 Å². The molecule has 2 heterocycles. The van der Waals surface area contributed by atoms with E-state index >= 15 is 0 Å². The van der Waals surface area contributed by atoms with Crippen LogP contribution in [-0.4, -0.2) is 73.0 Å². The third kappa shape index (κ3) is 4.32. The molecular formula is C19H26N4O4. The first-order valence-corrected chi connectivity index (χ1v) is 9.14. The van der Waals surface area contributed by atoms with Crippen molar-refractivity contribution in [2.24, 2.45) is 0 Å². The number of hydrogen-bond donors (Lipinski definition) is 2. The van der Waals surface area contributed by atoms with Crippen molar-refractivity contribution in [3.05, 3.63) is 29.3 Å². The highest BCUT2D eigenvalue weighted by molar-refractivity contribution is 5.95. The van der Waals surface area contributed by atoms with E-state index in [-0.39, 0.29) is 30.4 Å². The summed E-state index contributed by atoms with van der Waals surface area (Å²) in [5.74, 6) is 0.564. The molecule has 0 aliphatic carbocycles. The number of hydrogen-bond acceptors (Lipinski definition) is 4. The average molecular weight is 374 g/mol. The van der Waals surface area contributed by atoms with Crippen LogP contribution in [0.3, 0.4) is 0 Å². The van der Waals surface area contributed by atoms with Crippen molar-refractivity contribution in [2.45, 2.75) is 32.4 Å². The van der Waals surface area contributed by atoms with E-state index in [9.17, 15) is 14.4 Å². The van der Waals surface area contributed by atoms with Gasteiger partial charge in [0.15, 0.2) is 0 Å². The van der Waals surface area contributed by atoms with Gasteiger partial charge in [0, 0.05) is 13.6 Å². The lowest BCUT2D eigenvalue weighted by atomic mass is 10.1. The molecule has 1 aromatic carbocycles. The summed E-state index contributed by atoms with van der Waals surface area (Å²) in [7, 11) is 1.70. The smallest absolute Gasteiger partial charge is 0.317 e. The van der Waals surface area contributed by atoms with Crippen molar-refractivity contribution in [3.8, 4) is 5.75 Å². The maximum atomic E-state index is 12.4. The molecule has 2 fully saturated rings. The second-order valence-electron chi connectivity index (χ2n) is 7.20. The highest BCUT2D eigenvalue weighted by Crippen LogP contribution is 2.21. The molecule has 8 nitrogen and oxygen atoms in total. The number of benzene rings is 1. The van der Waals surface area contributed by atoms with Crippen LogP contribution in [0.15, 0.2) is 18.2 Å². The summed E-state index contributed by atoms with van der Waals surface area (Å²) >= 11 is 0. The lowest BCUT2D eigenvalue weighted by Gasteiger charge is -2.28. The van der Waals surface area contributed by atoms with E-state index in [4.69, 9.17) is 4.74 Å². The molecule has 4 amide bonds. The van der Waals surface area contributed by atoms with Gasteiger partial charge in [-0.15, -0.1) is 0 Å². The number of carbonyl (C=O) groups is 3. The Labute approximate surface area is 158 Å². The number of piperazine rings is 1. The first-order valence-electron chi connectivity index (χ1n) is 9.14. The van der Waals surface area contributed by atoms with Crippen molar-refractivity contribution >= 4 is 17.8 Å². The Balaban J connectivity index is 1.46. The van der Waals surface area contributed by atoms with Gasteiger partial charge in [-0.1, -0.05) is 12.1 Å². The van der Waals surface area contributed by atoms with Gasteiger partial charge in [0.2, 0.25) is 11.8 Å². The maximum Gasteiger partial charge on any atom is 0.317 e. The fourth-order valence-electron chi connectivity index (χ4n) is 3.39. The molecule has 2 aliphatic heterocycles. The third-order valence-electron chi connectivity index (χ3n) is 5.04. The van der Waals surface area contributed by atoms with E-state index in [1.807, 2.05) is 32.0 Å². The number of nitrogens with zero attached hydrogens (tertiary/aromatic N) is 2. The molecule has 8 heteroatoms. The Morgan fingerprint density at radius 1 is 1.37 bits per heavy atom. The van der Waals surface area contributed by atoms with E-state index in [0.717, 1.165) is 16.9 Å². The van der Waals surface area contributed by atoms with Gasteiger partial charge in [0.1, 0.15) is 18.4 Å². The van der Waals surface area contributed by atoms with Gasteiger partial charge in [-0.05, 0) is 37.5 Å². The van der Waals surface area contributed by atoms with Gasteiger partial charge in [0.05, 0.1) is 19.1 Å². The van der Waals surface area contributed by atoms with Crippen LogP contribution in [0.2, 0.25) is 0 Å². The molecule has 2 saturated heterocycles. The molecule has 0 radical (unpaired) electrons. The molecule has 0 unspecified atom stereocenters. The minimum Gasteiger partial charge on any atom is -0.491 e. The van der Waals surface area contributed by atoms with E-state index in [1.54, 1.807) is 16.8 Å². The van der Waals surface area contributed by atoms with E-state index in [0.29, 0.717) is 26.1 Å². The molecule has 146 valence electrons. The number of carbonyl (C=O) groups excluding carboxylic acids is 3. The predicted octanol–water partition coefficient (Wildman–Crippen LogP) is 0.423. The van der Waals surface area contributed by atoms with Crippen molar-refractivity contribution in [1.29, 1.82) is 0 Å². The van der Waals surface area contributed by atoms with Gasteiger partial charge in [0.25, 0.3) is 0 Å². The van der Waals surface area contributed by atoms with Crippen LogP contribution in [0.1, 0.15) is 17.5 Å². The Morgan fingerprint density at radius 2 is 2.15 bits per heavy atom. The van der Waals surface area contributed by atoms with E-state index in [1.165, 1.54) is 0 Å². The van der Waals surface area contributed by atoms with Gasteiger partial charge < -0.3 is 25.2 Å². The molecule has 1 aromatic rings. The van der Waals surface area contributed by atoms with Gasteiger partial charge in [-0.25, -0.2) is 4.79 Å². The average Bonchev–Trinajstić information content (AvgIpc) is 3.06. The number of nitrogens with one attached hydrogen (secondary N) is 2. The monoisotopic (exact) mass is 374 g/mol. The van der Waals surface area contributed by atoms with Crippen LogP contribution in [0.25, 0.3) is 0 Å². The summed E-state index contributed by atoms with van der Waals surface area (Å²) < 4.78 is 5.79.